The van der Waals surface area contributed by atoms with E-state index in [4.69, 9.17) is 0 Å². The van der Waals surface area contributed by atoms with E-state index in [0.29, 0.717) is 6.42 Å². The number of amides is 3. The lowest BCUT2D eigenvalue weighted by atomic mass is 10.1. The predicted octanol–water partition coefficient (Wildman–Crippen LogP) is 1.61. The summed E-state index contributed by atoms with van der Waals surface area (Å²) < 4.78 is 13.3. The van der Waals surface area contributed by atoms with E-state index in [-0.39, 0.29) is 43.0 Å². The molecule has 1 aromatic carbocycles. The van der Waals surface area contributed by atoms with Gasteiger partial charge in [0.1, 0.15) is 17.7 Å². The Kier molecular flexibility index (Phi) is 4.43. The molecule has 1 aromatic rings. The van der Waals surface area contributed by atoms with Crippen molar-refractivity contribution >= 4 is 17.9 Å². The Labute approximate surface area is 143 Å². The third kappa shape index (κ3) is 3.19. The van der Waals surface area contributed by atoms with Crippen LogP contribution in [0.2, 0.25) is 0 Å². The minimum atomic E-state index is -1.17. The smallest absolute Gasteiger partial charge is 0.413 e. The SMILES string of the molecule is C[C@H]1C(=O)N(CCc2cccc(F)c2)C=C2N(C(=O)O)CCC(=O)N21. The van der Waals surface area contributed by atoms with Crippen molar-refractivity contribution in [3.8, 4) is 0 Å². The number of fused-ring (bicyclic) bond motifs is 1. The second-order valence-corrected chi connectivity index (χ2v) is 6.02. The minimum Gasteiger partial charge on any atom is -0.465 e. The zero-order chi connectivity index (χ0) is 18.1. The van der Waals surface area contributed by atoms with Crippen LogP contribution in [0.5, 0.6) is 0 Å². The zero-order valence-corrected chi connectivity index (χ0v) is 13.7. The highest BCUT2D eigenvalue weighted by Crippen LogP contribution is 2.27. The van der Waals surface area contributed by atoms with Crippen molar-refractivity contribution in [1.82, 2.24) is 14.7 Å². The zero-order valence-electron chi connectivity index (χ0n) is 13.7. The maximum atomic E-state index is 13.3. The molecule has 0 bridgehead atoms. The van der Waals surface area contributed by atoms with Crippen LogP contribution in [0.4, 0.5) is 9.18 Å². The van der Waals surface area contributed by atoms with Gasteiger partial charge in [-0.05, 0) is 31.0 Å². The van der Waals surface area contributed by atoms with Gasteiger partial charge in [-0.3, -0.25) is 19.4 Å². The molecule has 132 valence electrons. The maximum Gasteiger partial charge on any atom is 0.413 e. The fraction of sp³-hybridized carbons (Fsp3) is 0.353. The number of hydrogen-bond acceptors (Lipinski definition) is 3. The van der Waals surface area contributed by atoms with Crippen LogP contribution in [0.3, 0.4) is 0 Å². The Morgan fingerprint density at radius 2 is 2.12 bits per heavy atom. The van der Waals surface area contributed by atoms with Crippen molar-refractivity contribution in [3.05, 3.63) is 47.7 Å². The van der Waals surface area contributed by atoms with Gasteiger partial charge in [0.15, 0.2) is 0 Å². The highest BCUT2D eigenvalue weighted by Gasteiger charge is 2.42. The van der Waals surface area contributed by atoms with Crippen molar-refractivity contribution in [2.45, 2.75) is 25.8 Å². The second kappa shape index (κ2) is 6.54. The molecule has 1 N–H and O–H groups in total. The lowest BCUT2D eigenvalue weighted by molar-refractivity contribution is -0.147. The van der Waals surface area contributed by atoms with E-state index in [1.54, 1.807) is 19.1 Å². The first-order chi connectivity index (χ1) is 11.9. The van der Waals surface area contributed by atoms with Gasteiger partial charge in [-0.2, -0.15) is 0 Å². The van der Waals surface area contributed by atoms with Crippen LogP contribution in [0.15, 0.2) is 36.3 Å². The molecule has 25 heavy (non-hydrogen) atoms. The van der Waals surface area contributed by atoms with E-state index < -0.39 is 12.1 Å². The summed E-state index contributed by atoms with van der Waals surface area (Å²) in [5, 5.41) is 9.34. The van der Waals surface area contributed by atoms with Crippen LogP contribution in [-0.4, -0.2) is 56.8 Å². The molecular weight excluding hydrogens is 329 g/mol. The van der Waals surface area contributed by atoms with Crippen LogP contribution >= 0.6 is 0 Å². The predicted molar refractivity (Wildman–Crippen MR) is 85.6 cm³/mol. The van der Waals surface area contributed by atoms with Gasteiger partial charge in [0.25, 0.3) is 0 Å². The number of carbonyl (C=O) groups is 3. The summed E-state index contributed by atoms with van der Waals surface area (Å²) in [5.74, 6) is -0.722. The Balaban J connectivity index is 1.85. The van der Waals surface area contributed by atoms with Crippen LogP contribution in [-0.2, 0) is 16.0 Å². The average molecular weight is 347 g/mol. The molecule has 1 atom stereocenters. The second-order valence-electron chi connectivity index (χ2n) is 6.02. The minimum absolute atomic E-state index is 0.0462. The molecule has 2 heterocycles. The van der Waals surface area contributed by atoms with Crippen molar-refractivity contribution < 1.29 is 23.9 Å². The fourth-order valence-electron chi connectivity index (χ4n) is 3.11. The lowest BCUT2D eigenvalue weighted by Crippen LogP contribution is -2.59. The largest absolute Gasteiger partial charge is 0.465 e. The van der Waals surface area contributed by atoms with E-state index >= 15 is 0 Å². The van der Waals surface area contributed by atoms with Gasteiger partial charge in [-0.1, -0.05) is 12.1 Å². The topological polar surface area (TPSA) is 81.2 Å². The third-order valence-corrected chi connectivity index (χ3v) is 4.40. The average Bonchev–Trinajstić information content (AvgIpc) is 2.56. The molecular formula is C17H18FN3O4. The summed E-state index contributed by atoms with van der Waals surface area (Å²) in [6, 6.07) is 5.31. The van der Waals surface area contributed by atoms with Crippen LogP contribution < -0.4 is 0 Å². The van der Waals surface area contributed by atoms with Gasteiger partial charge in [0, 0.05) is 25.7 Å². The summed E-state index contributed by atoms with van der Waals surface area (Å²) in [4.78, 5) is 39.8. The molecule has 0 radical (unpaired) electrons. The van der Waals surface area contributed by atoms with E-state index in [1.807, 2.05) is 0 Å². The summed E-state index contributed by atoms with van der Waals surface area (Å²) >= 11 is 0. The highest BCUT2D eigenvalue weighted by molar-refractivity contribution is 5.92. The van der Waals surface area contributed by atoms with Gasteiger partial charge in [0.2, 0.25) is 11.8 Å². The molecule has 3 amide bonds. The Hall–Kier alpha value is -2.90. The summed E-state index contributed by atoms with van der Waals surface area (Å²) in [7, 11) is 0. The monoisotopic (exact) mass is 347 g/mol. The third-order valence-electron chi connectivity index (χ3n) is 4.40. The Morgan fingerprint density at radius 1 is 1.36 bits per heavy atom. The van der Waals surface area contributed by atoms with Crippen LogP contribution in [0.1, 0.15) is 18.9 Å². The Bertz CT molecular complexity index is 764. The Morgan fingerprint density at radius 3 is 2.80 bits per heavy atom. The molecule has 2 aliphatic heterocycles. The first-order valence-corrected chi connectivity index (χ1v) is 7.98. The molecule has 1 saturated heterocycles. The molecule has 0 spiro atoms. The van der Waals surface area contributed by atoms with Gasteiger partial charge < -0.3 is 10.0 Å². The number of halogens is 1. The van der Waals surface area contributed by atoms with E-state index in [0.717, 1.165) is 10.5 Å². The maximum absolute atomic E-state index is 13.3. The fourth-order valence-corrected chi connectivity index (χ4v) is 3.11. The number of carboxylic acid groups (broad SMARTS) is 1. The van der Waals surface area contributed by atoms with Crippen molar-refractivity contribution in [2.24, 2.45) is 0 Å². The van der Waals surface area contributed by atoms with Crippen LogP contribution in [0.25, 0.3) is 0 Å². The summed E-state index contributed by atoms with van der Waals surface area (Å²) in [5.41, 5.74) is 0.732. The number of carbonyl (C=O) groups excluding carboxylic acids is 2. The van der Waals surface area contributed by atoms with Gasteiger partial charge in [-0.15, -0.1) is 0 Å². The number of hydrogen-bond donors (Lipinski definition) is 1. The van der Waals surface area contributed by atoms with Crippen molar-refractivity contribution in [3.63, 3.8) is 0 Å². The molecule has 8 heteroatoms. The standard InChI is InChI=1S/C17H18FN3O4/c1-11-16(23)19(7-5-12-3-2-4-13(18)9-12)10-14-20(17(24)25)8-6-15(22)21(11)14/h2-4,9-11H,5-8H2,1H3,(H,24,25)/t11-/m0/s1. The van der Waals surface area contributed by atoms with Crippen molar-refractivity contribution in [1.29, 1.82) is 0 Å². The van der Waals surface area contributed by atoms with E-state index in [1.165, 1.54) is 28.1 Å². The summed E-state index contributed by atoms with van der Waals surface area (Å²) in [6.07, 6.45) is 0.689. The molecule has 1 fully saturated rings. The van der Waals surface area contributed by atoms with Gasteiger partial charge in [-0.25, -0.2) is 9.18 Å². The molecule has 3 rings (SSSR count). The van der Waals surface area contributed by atoms with Gasteiger partial charge >= 0.3 is 6.09 Å². The lowest BCUT2D eigenvalue weighted by Gasteiger charge is -2.44. The van der Waals surface area contributed by atoms with Crippen LogP contribution in [0, 0.1) is 5.82 Å². The highest BCUT2D eigenvalue weighted by atomic mass is 19.1. The molecule has 0 aromatic heterocycles. The van der Waals surface area contributed by atoms with E-state index in [9.17, 15) is 23.9 Å². The number of benzene rings is 1. The normalized spacial score (nSPS) is 20.5. The molecule has 0 unspecified atom stereocenters. The van der Waals surface area contributed by atoms with Gasteiger partial charge in [0.05, 0.1) is 0 Å². The molecule has 7 nitrogen and oxygen atoms in total. The quantitative estimate of drug-likeness (QED) is 0.901. The number of rotatable bonds is 3. The number of nitrogens with zero attached hydrogens (tertiary/aromatic N) is 3. The van der Waals surface area contributed by atoms with E-state index in [2.05, 4.69) is 0 Å². The molecule has 0 saturated carbocycles. The first-order valence-electron chi connectivity index (χ1n) is 7.98. The molecule has 2 aliphatic rings. The first kappa shape index (κ1) is 16.9. The molecule has 0 aliphatic carbocycles. The summed E-state index contributed by atoms with van der Waals surface area (Å²) in [6.45, 7) is 1.91. The van der Waals surface area contributed by atoms with Crippen molar-refractivity contribution in [2.75, 3.05) is 13.1 Å².